The van der Waals surface area contributed by atoms with Crippen LogP contribution in [0.1, 0.15) is 36.4 Å². The van der Waals surface area contributed by atoms with Gasteiger partial charge in [0.15, 0.2) is 0 Å². The number of hydrogen-bond donors (Lipinski definition) is 2. The van der Waals surface area contributed by atoms with Crippen molar-refractivity contribution in [2.75, 3.05) is 0 Å². The van der Waals surface area contributed by atoms with E-state index >= 15 is 0 Å². The summed E-state index contributed by atoms with van der Waals surface area (Å²) in [5, 5.41) is 6.13. The molecule has 24 heavy (non-hydrogen) atoms. The summed E-state index contributed by atoms with van der Waals surface area (Å²) in [5.41, 5.74) is 0.465. The fraction of sp³-hybridized carbons (Fsp3) is 0.333. The molecule has 1 aromatic carbocycles. The molecule has 0 fully saturated rings. The van der Waals surface area contributed by atoms with Gasteiger partial charge in [-0.3, -0.25) is 9.59 Å². The van der Waals surface area contributed by atoms with Crippen molar-refractivity contribution >= 4 is 23.4 Å². The fourth-order valence-electron chi connectivity index (χ4n) is 2.26. The largest absolute Gasteiger partial charge is 0.467 e. The number of furan rings is 1. The first-order chi connectivity index (χ1) is 11.5. The third-order valence-corrected chi connectivity index (χ3v) is 3.70. The maximum absolute atomic E-state index is 12.4. The quantitative estimate of drug-likeness (QED) is 0.805. The summed E-state index contributed by atoms with van der Waals surface area (Å²) in [5.74, 6) is 0.387. The lowest BCUT2D eigenvalue weighted by molar-refractivity contribution is -0.123. The standard InChI is InChI=1S/C18H21ClN2O3/c1-12(2)10-16(18(23)20-11-15-4-3-9-24-15)21-17(22)13-5-7-14(19)8-6-13/h3-9,12,16H,10-11H2,1-2H3,(H,20,23)(H,21,22)/t16-/m1/s1. The van der Waals surface area contributed by atoms with E-state index in [4.69, 9.17) is 16.0 Å². The molecule has 1 aromatic heterocycles. The summed E-state index contributed by atoms with van der Waals surface area (Å²) in [7, 11) is 0. The molecule has 1 heterocycles. The Morgan fingerprint density at radius 3 is 2.46 bits per heavy atom. The smallest absolute Gasteiger partial charge is 0.251 e. The zero-order valence-electron chi connectivity index (χ0n) is 13.7. The molecule has 0 aliphatic carbocycles. The van der Waals surface area contributed by atoms with Gasteiger partial charge >= 0.3 is 0 Å². The molecule has 0 saturated carbocycles. The molecule has 0 bridgehead atoms. The Morgan fingerprint density at radius 1 is 1.17 bits per heavy atom. The average molecular weight is 349 g/mol. The molecule has 2 aromatic rings. The summed E-state index contributed by atoms with van der Waals surface area (Å²) in [6.45, 7) is 4.29. The Kier molecular flexibility index (Phi) is 6.44. The highest BCUT2D eigenvalue weighted by Gasteiger charge is 2.22. The van der Waals surface area contributed by atoms with Crippen LogP contribution in [0.4, 0.5) is 0 Å². The van der Waals surface area contributed by atoms with Gasteiger partial charge in [0, 0.05) is 10.6 Å². The highest BCUT2D eigenvalue weighted by molar-refractivity contribution is 6.30. The number of rotatable bonds is 7. The minimum atomic E-state index is -0.608. The van der Waals surface area contributed by atoms with Crippen LogP contribution >= 0.6 is 11.6 Å². The van der Waals surface area contributed by atoms with E-state index < -0.39 is 6.04 Å². The second-order valence-electron chi connectivity index (χ2n) is 5.96. The Balaban J connectivity index is 1.99. The first-order valence-electron chi connectivity index (χ1n) is 7.82. The molecule has 0 spiro atoms. The molecule has 1 atom stereocenters. The van der Waals surface area contributed by atoms with Crippen molar-refractivity contribution in [2.45, 2.75) is 32.9 Å². The van der Waals surface area contributed by atoms with E-state index in [2.05, 4.69) is 10.6 Å². The first kappa shape index (κ1) is 18.1. The van der Waals surface area contributed by atoms with Crippen LogP contribution in [0.5, 0.6) is 0 Å². The van der Waals surface area contributed by atoms with Gasteiger partial charge in [0.25, 0.3) is 5.91 Å². The minimum Gasteiger partial charge on any atom is -0.467 e. The predicted molar refractivity (Wildman–Crippen MR) is 92.7 cm³/mol. The monoisotopic (exact) mass is 348 g/mol. The Labute approximate surface area is 146 Å². The number of halogens is 1. The van der Waals surface area contributed by atoms with Crippen LogP contribution in [0.15, 0.2) is 47.1 Å². The summed E-state index contributed by atoms with van der Waals surface area (Å²) in [6.07, 6.45) is 2.10. The van der Waals surface area contributed by atoms with Crippen molar-refractivity contribution in [2.24, 2.45) is 5.92 Å². The first-order valence-corrected chi connectivity index (χ1v) is 8.20. The van der Waals surface area contributed by atoms with E-state index in [9.17, 15) is 9.59 Å². The number of carbonyl (C=O) groups excluding carboxylic acids is 2. The number of carbonyl (C=O) groups is 2. The summed E-state index contributed by atoms with van der Waals surface area (Å²) >= 11 is 5.83. The Morgan fingerprint density at radius 2 is 1.88 bits per heavy atom. The molecule has 5 nitrogen and oxygen atoms in total. The summed E-state index contributed by atoms with van der Waals surface area (Å²) < 4.78 is 5.19. The third-order valence-electron chi connectivity index (χ3n) is 3.45. The lowest BCUT2D eigenvalue weighted by Gasteiger charge is -2.20. The van der Waals surface area contributed by atoms with Gasteiger partial charge in [-0.2, -0.15) is 0 Å². The zero-order chi connectivity index (χ0) is 17.5. The minimum absolute atomic E-state index is 0.234. The van der Waals surface area contributed by atoms with E-state index in [1.54, 1.807) is 42.7 Å². The van der Waals surface area contributed by atoms with Crippen molar-refractivity contribution in [1.82, 2.24) is 10.6 Å². The lowest BCUT2D eigenvalue weighted by Crippen LogP contribution is -2.47. The van der Waals surface area contributed by atoms with Gasteiger partial charge in [-0.15, -0.1) is 0 Å². The number of nitrogens with one attached hydrogen (secondary N) is 2. The summed E-state index contributed by atoms with van der Waals surface area (Å²) in [4.78, 5) is 24.7. The molecule has 0 saturated heterocycles. The summed E-state index contributed by atoms with van der Waals surface area (Å²) in [6, 6.07) is 9.48. The molecule has 2 N–H and O–H groups in total. The van der Waals surface area contributed by atoms with Crippen molar-refractivity contribution in [3.8, 4) is 0 Å². The average Bonchev–Trinajstić information content (AvgIpc) is 3.05. The van der Waals surface area contributed by atoms with Gasteiger partial charge in [0.1, 0.15) is 11.8 Å². The van der Waals surface area contributed by atoms with Gasteiger partial charge < -0.3 is 15.1 Å². The van der Waals surface area contributed by atoms with E-state index in [0.717, 1.165) is 0 Å². The second kappa shape index (κ2) is 8.55. The van der Waals surface area contributed by atoms with Crippen LogP contribution in [-0.2, 0) is 11.3 Å². The molecular formula is C18H21ClN2O3. The van der Waals surface area contributed by atoms with Gasteiger partial charge in [0.2, 0.25) is 5.91 Å². The third kappa shape index (κ3) is 5.42. The van der Waals surface area contributed by atoms with E-state index in [0.29, 0.717) is 22.8 Å². The van der Waals surface area contributed by atoms with Gasteiger partial charge in [-0.05, 0) is 48.7 Å². The van der Waals surface area contributed by atoms with Crippen LogP contribution in [0, 0.1) is 5.92 Å². The topological polar surface area (TPSA) is 71.3 Å². The second-order valence-corrected chi connectivity index (χ2v) is 6.40. The highest BCUT2D eigenvalue weighted by Crippen LogP contribution is 2.11. The van der Waals surface area contributed by atoms with E-state index in [1.807, 2.05) is 13.8 Å². The maximum Gasteiger partial charge on any atom is 0.251 e. The van der Waals surface area contributed by atoms with Crippen molar-refractivity contribution in [3.05, 3.63) is 59.0 Å². The number of benzene rings is 1. The highest BCUT2D eigenvalue weighted by atomic mass is 35.5. The van der Waals surface area contributed by atoms with Gasteiger partial charge in [-0.1, -0.05) is 25.4 Å². The van der Waals surface area contributed by atoms with Gasteiger partial charge in [0.05, 0.1) is 12.8 Å². The van der Waals surface area contributed by atoms with Crippen molar-refractivity contribution in [1.29, 1.82) is 0 Å². The van der Waals surface area contributed by atoms with Crippen molar-refractivity contribution in [3.63, 3.8) is 0 Å². The molecule has 0 aliphatic heterocycles. The molecule has 2 rings (SSSR count). The number of amides is 2. The Bertz CT molecular complexity index is 666. The Hall–Kier alpha value is -2.27. The maximum atomic E-state index is 12.4. The fourth-order valence-corrected chi connectivity index (χ4v) is 2.38. The SMILES string of the molecule is CC(C)C[C@@H](NC(=O)c1ccc(Cl)cc1)C(=O)NCc1ccco1. The van der Waals surface area contributed by atoms with Crippen LogP contribution < -0.4 is 10.6 Å². The van der Waals surface area contributed by atoms with E-state index in [1.165, 1.54) is 0 Å². The normalized spacial score (nSPS) is 12.0. The molecule has 0 aliphatic rings. The van der Waals surface area contributed by atoms with Crippen molar-refractivity contribution < 1.29 is 14.0 Å². The van der Waals surface area contributed by atoms with E-state index in [-0.39, 0.29) is 24.3 Å². The van der Waals surface area contributed by atoms with Crippen LogP contribution in [0.3, 0.4) is 0 Å². The van der Waals surface area contributed by atoms with Crippen LogP contribution in [-0.4, -0.2) is 17.9 Å². The predicted octanol–water partition coefficient (Wildman–Crippen LogP) is 3.39. The zero-order valence-corrected chi connectivity index (χ0v) is 14.5. The molecule has 2 amide bonds. The number of hydrogen-bond acceptors (Lipinski definition) is 3. The molecule has 6 heteroatoms. The molecule has 0 unspecified atom stereocenters. The van der Waals surface area contributed by atoms with Crippen LogP contribution in [0.2, 0.25) is 5.02 Å². The molecule has 0 radical (unpaired) electrons. The lowest BCUT2D eigenvalue weighted by atomic mass is 10.0. The van der Waals surface area contributed by atoms with Gasteiger partial charge in [-0.25, -0.2) is 0 Å². The molecular weight excluding hydrogens is 328 g/mol. The molecule has 128 valence electrons. The van der Waals surface area contributed by atoms with Crippen LogP contribution in [0.25, 0.3) is 0 Å².